The van der Waals surface area contributed by atoms with E-state index in [9.17, 15) is 14.7 Å². The average Bonchev–Trinajstić information content (AvgIpc) is 3.34. The number of likely N-dealkylation sites (N-methyl/N-ethyl adjacent to an activating group) is 1. The Kier molecular flexibility index (Phi) is 8.62. The minimum absolute atomic E-state index is 0.000897. The van der Waals surface area contributed by atoms with Crippen molar-refractivity contribution in [3.05, 3.63) is 58.7 Å². The van der Waals surface area contributed by atoms with Crippen LogP contribution < -0.4 is 9.47 Å². The third-order valence-electron chi connectivity index (χ3n) is 5.84. The van der Waals surface area contributed by atoms with Gasteiger partial charge in [0.1, 0.15) is 5.76 Å². The zero-order valence-electron chi connectivity index (χ0n) is 21.5. The van der Waals surface area contributed by atoms with Crippen molar-refractivity contribution in [1.82, 2.24) is 9.80 Å². The Morgan fingerprint density at radius 2 is 1.91 bits per heavy atom. The SMILES string of the molecule is CCOc1cc(C2C(C(=O)c3ccc(C)o3)=C(O)C(=O)N2CCN(C)C)ccc1OCCC(C)C. The number of ketones is 1. The van der Waals surface area contributed by atoms with Crippen LogP contribution in [0.1, 0.15) is 55.1 Å². The van der Waals surface area contributed by atoms with Gasteiger partial charge in [-0.3, -0.25) is 9.59 Å². The molecule has 8 nitrogen and oxygen atoms in total. The number of hydrogen-bond donors (Lipinski definition) is 1. The summed E-state index contributed by atoms with van der Waals surface area (Å²) in [5, 5.41) is 10.8. The van der Waals surface area contributed by atoms with E-state index in [4.69, 9.17) is 13.9 Å². The van der Waals surface area contributed by atoms with Crippen molar-refractivity contribution in [2.75, 3.05) is 40.4 Å². The zero-order valence-corrected chi connectivity index (χ0v) is 21.5. The fourth-order valence-electron chi connectivity index (χ4n) is 3.95. The molecular formula is C27H36N2O6. The van der Waals surface area contributed by atoms with E-state index in [-0.39, 0.29) is 11.3 Å². The Labute approximate surface area is 207 Å². The summed E-state index contributed by atoms with van der Waals surface area (Å²) in [6.45, 7) is 9.74. The average molecular weight is 485 g/mol. The number of aliphatic hydroxyl groups excluding tert-OH is 1. The number of furan rings is 1. The van der Waals surface area contributed by atoms with Gasteiger partial charge >= 0.3 is 0 Å². The summed E-state index contributed by atoms with van der Waals surface area (Å²) < 4.78 is 17.3. The lowest BCUT2D eigenvalue weighted by Crippen LogP contribution is -2.36. The smallest absolute Gasteiger partial charge is 0.290 e. The number of benzene rings is 1. The molecule has 190 valence electrons. The molecule has 1 N–H and O–H groups in total. The Balaban J connectivity index is 2.03. The first-order valence-electron chi connectivity index (χ1n) is 12.0. The van der Waals surface area contributed by atoms with Gasteiger partial charge in [0.2, 0.25) is 5.78 Å². The summed E-state index contributed by atoms with van der Waals surface area (Å²) in [6.07, 6.45) is 0.903. The Bertz CT molecular complexity index is 1090. The molecule has 0 bridgehead atoms. The van der Waals surface area contributed by atoms with Crippen LogP contribution in [0, 0.1) is 12.8 Å². The number of aryl methyl sites for hydroxylation is 1. The molecule has 1 aromatic carbocycles. The van der Waals surface area contributed by atoms with E-state index in [0.29, 0.717) is 55.0 Å². The van der Waals surface area contributed by atoms with Crippen molar-refractivity contribution < 1.29 is 28.6 Å². The monoisotopic (exact) mass is 484 g/mol. The predicted molar refractivity (Wildman–Crippen MR) is 133 cm³/mol. The minimum Gasteiger partial charge on any atom is -0.503 e. The first-order chi connectivity index (χ1) is 16.6. The highest BCUT2D eigenvalue weighted by Crippen LogP contribution is 2.41. The van der Waals surface area contributed by atoms with Gasteiger partial charge in [0.05, 0.1) is 24.8 Å². The molecule has 1 aromatic heterocycles. The molecule has 1 atom stereocenters. The Morgan fingerprint density at radius 1 is 1.17 bits per heavy atom. The zero-order chi connectivity index (χ0) is 25.7. The van der Waals surface area contributed by atoms with Gasteiger partial charge < -0.3 is 28.8 Å². The number of carbonyl (C=O) groups is 2. The minimum atomic E-state index is -0.788. The number of rotatable bonds is 12. The van der Waals surface area contributed by atoms with Gasteiger partial charge in [0.25, 0.3) is 5.91 Å². The molecule has 0 aliphatic carbocycles. The van der Waals surface area contributed by atoms with Crippen LogP contribution in [0.25, 0.3) is 0 Å². The molecule has 1 amide bonds. The van der Waals surface area contributed by atoms with Crippen LogP contribution in [-0.4, -0.2) is 67.0 Å². The molecule has 35 heavy (non-hydrogen) atoms. The van der Waals surface area contributed by atoms with Crippen molar-refractivity contribution in [3.8, 4) is 11.5 Å². The third kappa shape index (κ3) is 6.06. The molecule has 0 saturated heterocycles. The second kappa shape index (κ2) is 11.4. The van der Waals surface area contributed by atoms with Crippen LogP contribution in [0.5, 0.6) is 11.5 Å². The number of hydrogen-bond acceptors (Lipinski definition) is 7. The van der Waals surface area contributed by atoms with E-state index in [1.54, 1.807) is 31.2 Å². The topological polar surface area (TPSA) is 92.5 Å². The maximum atomic E-state index is 13.4. The van der Waals surface area contributed by atoms with Gasteiger partial charge in [-0.2, -0.15) is 0 Å². The second-order valence-electron chi connectivity index (χ2n) is 9.38. The van der Waals surface area contributed by atoms with Gasteiger partial charge in [-0.25, -0.2) is 0 Å². The molecule has 2 heterocycles. The molecular weight excluding hydrogens is 448 g/mol. The summed E-state index contributed by atoms with van der Waals surface area (Å²) >= 11 is 0. The second-order valence-corrected chi connectivity index (χ2v) is 9.38. The van der Waals surface area contributed by atoms with E-state index in [1.807, 2.05) is 32.0 Å². The highest BCUT2D eigenvalue weighted by Gasteiger charge is 2.44. The van der Waals surface area contributed by atoms with E-state index in [1.165, 1.54) is 4.90 Å². The molecule has 2 aromatic rings. The van der Waals surface area contributed by atoms with Crippen LogP contribution in [0.2, 0.25) is 0 Å². The predicted octanol–water partition coefficient (Wildman–Crippen LogP) is 4.55. The Hall–Kier alpha value is -3.26. The van der Waals surface area contributed by atoms with Crippen LogP contribution in [-0.2, 0) is 4.79 Å². The van der Waals surface area contributed by atoms with Crippen molar-refractivity contribution in [2.24, 2.45) is 5.92 Å². The fraction of sp³-hybridized carbons (Fsp3) is 0.481. The third-order valence-corrected chi connectivity index (χ3v) is 5.84. The maximum absolute atomic E-state index is 13.4. The molecule has 0 spiro atoms. The first kappa shape index (κ1) is 26.3. The van der Waals surface area contributed by atoms with Crippen LogP contribution in [0.15, 0.2) is 46.1 Å². The fourth-order valence-corrected chi connectivity index (χ4v) is 3.95. The molecule has 1 aliphatic heterocycles. The molecule has 0 radical (unpaired) electrons. The van der Waals surface area contributed by atoms with Crippen molar-refractivity contribution in [1.29, 1.82) is 0 Å². The molecule has 8 heteroatoms. The maximum Gasteiger partial charge on any atom is 0.290 e. The summed E-state index contributed by atoms with van der Waals surface area (Å²) in [5.74, 6) is 0.629. The number of ether oxygens (including phenoxy) is 2. The molecule has 1 aliphatic rings. The molecule has 3 rings (SSSR count). The lowest BCUT2D eigenvalue weighted by Gasteiger charge is -2.28. The van der Waals surface area contributed by atoms with Gasteiger partial charge in [-0.1, -0.05) is 19.9 Å². The van der Waals surface area contributed by atoms with Crippen molar-refractivity contribution >= 4 is 11.7 Å². The largest absolute Gasteiger partial charge is 0.503 e. The van der Waals surface area contributed by atoms with Crippen LogP contribution in [0.3, 0.4) is 0 Å². The molecule has 1 unspecified atom stereocenters. The van der Waals surface area contributed by atoms with Gasteiger partial charge in [-0.15, -0.1) is 0 Å². The van der Waals surface area contributed by atoms with Gasteiger partial charge in [-0.05, 0) is 70.1 Å². The van der Waals surface area contributed by atoms with E-state index >= 15 is 0 Å². The Morgan fingerprint density at radius 3 is 2.51 bits per heavy atom. The van der Waals surface area contributed by atoms with Crippen LogP contribution in [0.4, 0.5) is 0 Å². The lowest BCUT2D eigenvalue weighted by molar-refractivity contribution is -0.129. The quantitative estimate of drug-likeness (QED) is 0.442. The van der Waals surface area contributed by atoms with Gasteiger partial charge in [0, 0.05) is 13.1 Å². The van der Waals surface area contributed by atoms with E-state index < -0.39 is 23.5 Å². The summed E-state index contributed by atoms with van der Waals surface area (Å²) in [7, 11) is 3.80. The summed E-state index contributed by atoms with van der Waals surface area (Å²) in [6, 6.07) is 7.84. The number of carbonyl (C=O) groups excluding carboxylic acids is 2. The van der Waals surface area contributed by atoms with Crippen LogP contribution >= 0.6 is 0 Å². The van der Waals surface area contributed by atoms with E-state index in [2.05, 4.69) is 13.8 Å². The highest BCUT2D eigenvalue weighted by atomic mass is 16.5. The normalized spacial score (nSPS) is 16.1. The number of aliphatic hydroxyl groups is 1. The van der Waals surface area contributed by atoms with Crippen molar-refractivity contribution in [2.45, 2.75) is 40.2 Å². The highest BCUT2D eigenvalue weighted by molar-refractivity contribution is 6.15. The number of Topliss-reactive ketones (excluding diaryl/α,β-unsaturated/α-hetero) is 1. The lowest BCUT2D eigenvalue weighted by atomic mass is 9.94. The number of nitrogens with zero attached hydrogens (tertiary/aromatic N) is 2. The summed E-state index contributed by atoms with van der Waals surface area (Å²) in [4.78, 5) is 30.0. The number of amides is 1. The molecule has 0 saturated carbocycles. The standard InChI is InChI=1S/C27H36N2O6/c1-7-33-22-16-19(9-11-20(22)34-15-12-17(2)3)24-23(25(30)21-10-8-18(4)35-21)26(31)27(32)29(24)14-13-28(5)6/h8-11,16-17,24,31H,7,12-15H2,1-6H3. The first-order valence-corrected chi connectivity index (χ1v) is 12.0. The summed E-state index contributed by atoms with van der Waals surface area (Å²) in [5.41, 5.74) is 0.645. The van der Waals surface area contributed by atoms with Gasteiger partial charge in [0.15, 0.2) is 23.0 Å². The van der Waals surface area contributed by atoms with E-state index in [0.717, 1.165) is 6.42 Å². The molecule has 0 fully saturated rings. The van der Waals surface area contributed by atoms with Crippen molar-refractivity contribution in [3.63, 3.8) is 0 Å².